The highest BCUT2D eigenvalue weighted by Crippen LogP contribution is 2.17. The molecule has 0 radical (unpaired) electrons. The average molecular weight is 251 g/mol. The molecule has 0 unspecified atom stereocenters. The number of hydrogen-bond acceptors (Lipinski definition) is 2. The highest BCUT2D eigenvalue weighted by molar-refractivity contribution is 5.81. The van der Waals surface area contributed by atoms with Crippen LogP contribution in [0, 0.1) is 0 Å². The number of fused-ring (bicyclic) bond motifs is 1. The van der Waals surface area contributed by atoms with E-state index in [1.165, 1.54) is 16.5 Å². The molecule has 2 aromatic heterocycles. The zero-order valence-electron chi connectivity index (χ0n) is 11.0. The van der Waals surface area contributed by atoms with Gasteiger partial charge in [-0.1, -0.05) is 24.3 Å². The van der Waals surface area contributed by atoms with E-state index in [0.717, 1.165) is 18.6 Å². The fourth-order valence-electron chi connectivity index (χ4n) is 2.39. The summed E-state index contributed by atoms with van der Waals surface area (Å²) in [6.45, 7) is 1.76. The summed E-state index contributed by atoms with van der Waals surface area (Å²) < 4.78 is 2.20. The van der Waals surface area contributed by atoms with E-state index < -0.39 is 0 Å². The molecule has 1 N–H and O–H groups in total. The molecule has 0 atom stereocenters. The number of para-hydroxylation sites is 1. The number of benzene rings is 1. The lowest BCUT2D eigenvalue weighted by Crippen LogP contribution is -2.04. The lowest BCUT2D eigenvalue weighted by atomic mass is 10.1. The van der Waals surface area contributed by atoms with E-state index in [-0.39, 0.29) is 0 Å². The van der Waals surface area contributed by atoms with Crippen molar-refractivity contribution in [2.75, 3.05) is 7.05 Å². The summed E-state index contributed by atoms with van der Waals surface area (Å²) in [5, 5.41) is 4.36. The SMILES string of the molecule is CNCc1ccn(Cc2cccc3cccnc23)c1. The van der Waals surface area contributed by atoms with Crippen LogP contribution >= 0.6 is 0 Å². The Hall–Kier alpha value is -2.13. The van der Waals surface area contributed by atoms with Gasteiger partial charge in [-0.25, -0.2) is 0 Å². The van der Waals surface area contributed by atoms with Gasteiger partial charge < -0.3 is 9.88 Å². The Kier molecular flexibility index (Phi) is 3.29. The van der Waals surface area contributed by atoms with Crippen LogP contribution in [0.4, 0.5) is 0 Å². The highest BCUT2D eigenvalue weighted by Gasteiger charge is 2.03. The van der Waals surface area contributed by atoms with Crippen LogP contribution in [0.2, 0.25) is 0 Å². The van der Waals surface area contributed by atoms with Crippen LogP contribution in [0.1, 0.15) is 11.1 Å². The zero-order valence-corrected chi connectivity index (χ0v) is 11.0. The number of nitrogens with one attached hydrogen (secondary N) is 1. The zero-order chi connectivity index (χ0) is 13.1. The third-order valence-corrected chi connectivity index (χ3v) is 3.26. The third kappa shape index (κ3) is 2.51. The maximum atomic E-state index is 4.49. The molecular formula is C16H17N3. The van der Waals surface area contributed by atoms with E-state index in [2.05, 4.69) is 57.6 Å². The largest absolute Gasteiger partial charge is 0.349 e. The molecule has 1 aromatic carbocycles. The Morgan fingerprint density at radius 3 is 2.95 bits per heavy atom. The van der Waals surface area contributed by atoms with Gasteiger partial charge in [0.05, 0.1) is 5.52 Å². The molecule has 19 heavy (non-hydrogen) atoms. The first-order chi connectivity index (χ1) is 9.36. The van der Waals surface area contributed by atoms with E-state index in [9.17, 15) is 0 Å². The second kappa shape index (κ2) is 5.24. The summed E-state index contributed by atoms with van der Waals surface area (Å²) in [5.41, 5.74) is 3.65. The predicted molar refractivity (Wildman–Crippen MR) is 78.0 cm³/mol. The summed E-state index contributed by atoms with van der Waals surface area (Å²) in [7, 11) is 1.96. The van der Waals surface area contributed by atoms with Gasteiger partial charge in [0.2, 0.25) is 0 Å². The van der Waals surface area contributed by atoms with Gasteiger partial charge in [0.15, 0.2) is 0 Å². The van der Waals surface area contributed by atoms with Crippen molar-refractivity contribution >= 4 is 10.9 Å². The topological polar surface area (TPSA) is 29.9 Å². The van der Waals surface area contributed by atoms with Crippen LogP contribution < -0.4 is 5.32 Å². The number of nitrogens with zero attached hydrogens (tertiary/aromatic N) is 2. The molecule has 0 saturated carbocycles. The maximum absolute atomic E-state index is 4.49. The van der Waals surface area contributed by atoms with E-state index in [4.69, 9.17) is 0 Å². The van der Waals surface area contributed by atoms with Crippen molar-refractivity contribution < 1.29 is 0 Å². The maximum Gasteiger partial charge on any atom is 0.0751 e. The molecule has 0 saturated heterocycles. The Bertz CT molecular complexity index is 680. The fraction of sp³-hybridized carbons (Fsp3) is 0.188. The van der Waals surface area contributed by atoms with Crippen LogP contribution in [-0.2, 0) is 13.1 Å². The molecule has 0 spiro atoms. The standard InChI is InChI=1S/C16H17N3/c1-17-10-13-7-9-19(11-13)12-15-5-2-4-14-6-3-8-18-16(14)15/h2-9,11,17H,10,12H2,1H3. The minimum Gasteiger partial charge on any atom is -0.349 e. The van der Waals surface area contributed by atoms with Crippen LogP contribution in [0.5, 0.6) is 0 Å². The van der Waals surface area contributed by atoms with E-state index in [1.54, 1.807) is 0 Å². The summed E-state index contributed by atoms with van der Waals surface area (Å²) in [6, 6.07) is 12.6. The molecule has 3 aromatic rings. The molecule has 3 rings (SSSR count). The molecule has 3 heteroatoms. The van der Waals surface area contributed by atoms with Crippen molar-refractivity contribution in [3.8, 4) is 0 Å². The van der Waals surface area contributed by atoms with Crippen molar-refractivity contribution in [3.63, 3.8) is 0 Å². The van der Waals surface area contributed by atoms with E-state index in [0.29, 0.717) is 0 Å². The molecule has 0 fully saturated rings. The van der Waals surface area contributed by atoms with Crippen molar-refractivity contribution in [1.29, 1.82) is 0 Å². The second-order valence-corrected chi connectivity index (χ2v) is 4.71. The number of aromatic nitrogens is 2. The number of hydrogen-bond donors (Lipinski definition) is 1. The Labute approximate surface area is 112 Å². The van der Waals surface area contributed by atoms with Crippen molar-refractivity contribution in [3.05, 3.63) is 66.1 Å². The molecule has 3 nitrogen and oxygen atoms in total. The molecular weight excluding hydrogens is 234 g/mol. The molecule has 0 amide bonds. The second-order valence-electron chi connectivity index (χ2n) is 4.71. The van der Waals surface area contributed by atoms with Gasteiger partial charge in [-0.15, -0.1) is 0 Å². The number of pyridine rings is 1. The summed E-state index contributed by atoms with van der Waals surface area (Å²) in [5.74, 6) is 0. The van der Waals surface area contributed by atoms with E-state index >= 15 is 0 Å². The van der Waals surface area contributed by atoms with Crippen LogP contribution in [0.25, 0.3) is 10.9 Å². The molecule has 0 aliphatic rings. The van der Waals surface area contributed by atoms with Crippen LogP contribution in [-0.4, -0.2) is 16.6 Å². The quantitative estimate of drug-likeness (QED) is 0.772. The third-order valence-electron chi connectivity index (χ3n) is 3.26. The minimum atomic E-state index is 0.859. The van der Waals surface area contributed by atoms with Crippen molar-refractivity contribution in [2.45, 2.75) is 13.1 Å². The smallest absolute Gasteiger partial charge is 0.0751 e. The molecule has 0 aliphatic carbocycles. The van der Waals surface area contributed by atoms with Gasteiger partial charge in [0.1, 0.15) is 0 Å². The average Bonchev–Trinajstić information content (AvgIpc) is 2.87. The van der Waals surface area contributed by atoms with Crippen molar-refractivity contribution in [1.82, 2.24) is 14.9 Å². The first-order valence-electron chi connectivity index (χ1n) is 6.49. The first kappa shape index (κ1) is 11.9. The van der Waals surface area contributed by atoms with Gasteiger partial charge in [0.25, 0.3) is 0 Å². The predicted octanol–water partition coefficient (Wildman–Crippen LogP) is 2.80. The van der Waals surface area contributed by atoms with Gasteiger partial charge in [0, 0.05) is 37.1 Å². The van der Waals surface area contributed by atoms with Crippen LogP contribution in [0.3, 0.4) is 0 Å². The van der Waals surface area contributed by atoms with Gasteiger partial charge >= 0.3 is 0 Å². The highest BCUT2D eigenvalue weighted by atomic mass is 14.9. The fourth-order valence-corrected chi connectivity index (χ4v) is 2.39. The van der Waals surface area contributed by atoms with Gasteiger partial charge in [-0.05, 0) is 30.3 Å². The number of rotatable bonds is 4. The molecule has 0 aliphatic heterocycles. The summed E-state index contributed by atoms with van der Waals surface area (Å²) >= 11 is 0. The lowest BCUT2D eigenvalue weighted by Gasteiger charge is -2.06. The summed E-state index contributed by atoms with van der Waals surface area (Å²) in [6.07, 6.45) is 6.15. The molecule has 96 valence electrons. The Morgan fingerprint density at radius 2 is 2.05 bits per heavy atom. The minimum absolute atomic E-state index is 0.859. The molecule has 0 bridgehead atoms. The Morgan fingerprint density at radius 1 is 1.16 bits per heavy atom. The van der Waals surface area contributed by atoms with Crippen LogP contribution in [0.15, 0.2) is 55.0 Å². The normalized spacial score (nSPS) is 11.0. The molecule has 2 heterocycles. The van der Waals surface area contributed by atoms with Gasteiger partial charge in [-0.2, -0.15) is 0 Å². The first-order valence-corrected chi connectivity index (χ1v) is 6.49. The lowest BCUT2D eigenvalue weighted by molar-refractivity contribution is 0.785. The van der Waals surface area contributed by atoms with Gasteiger partial charge in [-0.3, -0.25) is 4.98 Å². The van der Waals surface area contributed by atoms with E-state index in [1.807, 2.05) is 19.3 Å². The summed E-state index contributed by atoms with van der Waals surface area (Å²) in [4.78, 5) is 4.49. The monoisotopic (exact) mass is 251 g/mol. The Balaban J connectivity index is 1.92. The van der Waals surface area contributed by atoms with Crippen molar-refractivity contribution in [2.24, 2.45) is 0 Å².